The van der Waals surface area contributed by atoms with Crippen LogP contribution in [0.4, 0.5) is 10.5 Å². The van der Waals surface area contributed by atoms with Crippen LogP contribution in [-0.2, 0) is 16.1 Å². The number of fused-ring (bicyclic) bond motifs is 1. The van der Waals surface area contributed by atoms with Crippen LogP contribution >= 0.6 is 0 Å². The van der Waals surface area contributed by atoms with Crippen molar-refractivity contribution in [3.05, 3.63) is 53.6 Å². The molecule has 0 saturated heterocycles. The molecular weight excluding hydrogens is 384 g/mol. The van der Waals surface area contributed by atoms with Crippen molar-refractivity contribution in [1.29, 1.82) is 0 Å². The number of benzene rings is 2. The smallest absolute Gasteiger partial charge is 0.414 e. The first-order chi connectivity index (χ1) is 14.5. The van der Waals surface area contributed by atoms with E-state index in [1.807, 2.05) is 43.3 Å². The Kier molecular flexibility index (Phi) is 6.82. The maximum absolute atomic E-state index is 12.7. The van der Waals surface area contributed by atoms with Crippen LogP contribution in [0.25, 0.3) is 0 Å². The molecule has 2 aromatic rings. The molecule has 2 atom stereocenters. The minimum Gasteiger partial charge on any atom is -0.493 e. The number of carbonyl (C=O) groups excluding carboxylic acids is 2. The van der Waals surface area contributed by atoms with Gasteiger partial charge in [-0.05, 0) is 31.9 Å². The fourth-order valence-corrected chi connectivity index (χ4v) is 3.95. The van der Waals surface area contributed by atoms with Gasteiger partial charge in [0.2, 0.25) is 6.41 Å². The van der Waals surface area contributed by atoms with Gasteiger partial charge in [0.1, 0.15) is 0 Å². The summed E-state index contributed by atoms with van der Waals surface area (Å²) < 4.78 is 16.2. The van der Waals surface area contributed by atoms with E-state index in [4.69, 9.17) is 14.2 Å². The molecule has 0 N–H and O–H groups in total. The number of nitrogens with zero attached hydrogens (tertiary/aromatic N) is 2. The van der Waals surface area contributed by atoms with Crippen LogP contribution in [0.15, 0.2) is 42.5 Å². The first-order valence-electron chi connectivity index (χ1n) is 10.0. The monoisotopic (exact) mass is 412 g/mol. The van der Waals surface area contributed by atoms with E-state index in [1.165, 1.54) is 0 Å². The molecule has 30 heavy (non-hydrogen) atoms. The minimum absolute atomic E-state index is 0.169. The van der Waals surface area contributed by atoms with Gasteiger partial charge in [0.25, 0.3) is 0 Å². The van der Waals surface area contributed by atoms with Gasteiger partial charge in [-0.25, -0.2) is 4.79 Å². The fourth-order valence-electron chi connectivity index (χ4n) is 3.95. The van der Waals surface area contributed by atoms with E-state index in [2.05, 4.69) is 0 Å². The predicted molar refractivity (Wildman–Crippen MR) is 114 cm³/mol. The van der Waals surface area contributed by atoms with Crippen molar-refractivity contribution in [2.24, 2.45) is 0 Å². The molecule has 1 aliphatic heterocycles. The molecule has 0 fully saturated rings. The molecule has 0 radical (unpaired) electrons. The molecule has 0 bridgehead atoms. The summed E-state index contributed by atoms with van der Waals surface area (Å²) in [7, 11) is 3.12. The van der Waals surface area contributed by atoms with Crippen LogP contribution in [0, 0.1) is 0 Å². The minimum atomic E-state index is -0.419. The van der Waals surface area contributed by atoms with Crippen molar-refractivity contribution in [3.8, 4) is 11.5 Å². The zero-order chi connectivity index (χ0) is 21.7. The van der Waals surface area contributed by atoms with Crippen LogP contribution < -0.4 is 14.4 Å². The molecule has 160 valence electrons. The van der Waals surface area contributed by atoms with E-state index in [-0.39, 0.29) is 18.7 Å². The van der Waals surface area contributed by atoms with Crippen molar-refractivity contribution in [1.82, 2.24) is 4.90 Å². The van der Waals surface area contributed by atoms with Gasteiger partial charge in [0.15, 0.2) is 11.5 Å². The molecule has 2 aromatic carbocycles. The number of carbonyl (C=O) groups is 2. The Morgan fingerprint density at radius 2 is 1.83 bits per heavy atom. The van der Waals surface area contributed by atoms with Crippen LogP contribution in [0.2, 0.25) is 0 Å². The van der Waals surface area contributed by atoms with Crippen molar-refractivity contribution in [2.45, 2.75) is 38.9 Å². The van der Waals surface area contributed by atoms with Gasteiger partial charge in [-0.1, -0.05) is 30.3 Å². The number of ether oxygens (including phenoxy) is 3. The second-order valence-corrected chi connectivity index (χ2v) is 7.20. The number of hydrogen-bond donors (Lipinski definition) is 0. The highest BCUT2D eigenvalue weighted by molar-refractivity contribution is 5.91. The summed E-state index contributed by atoms with van der Waals surface area (Å²) in [6.45, 7) is 4.48. The predicted octanol–water partition coefficient (Wildman–Crippen LogP) is 4.16. The third-order valence-electron chi connectivity index (χ3n) is 5.36. The molecule has 0 spiro atoms. The topological polar surface area (TPSA) is 68.3 Å². The Labute approximate surface area is 177 Å². The summed E-state index contributed by atoms with van der Waals surface area (Å²) in [6.07, 6.45) is 1.02. The van der Waals surface area contributed by atoms with Crippen molar-refractivity contribution >= 4 is 18.2 Å². The first kappa shape index (κ1) is 21.5. The highest BCUT2D eigenvalue weighted by atomic mass is 16.6. The molecular formula is C23H28N2O5. The van der Waals surface area contributed by atoms with Gasteiger partial charge in [-0.15, -0.1) is 0 Å². The van der Waals surface area contributed by atoms with Crippen molar-refractivity contribution < 1.29 is 23.8 Å². The summed E-state index contributed by atoms with van der Waals surface area (Å²) in [5.41, 5.74) is 2.52. The van der Waals surface area contributed by atoms with Crippen LogP contribution in [0.3, 0.4) is 0 Å². The van der Waals surface area contributed by atoms with Gasteiger partial charge in [0, 0.05) is 24.2 Å². The lowest BCUT2D eigenvalue weighted by Crippen LogP contribution is -2.46. The zero-order valence-corrected chi connectivity index (χ0v) is 17.8. The largest absolute Gasteiger partial charge is 0.493 e. The highest BCUT2D eigenvalue weighted by Gasteiger charge is 2.38. The third-order valence-corrected chi connectivity index (χ3v) is 5.36. The Morgan fingerprint density at radius 1 is 1.17 bits per heavy atom. The van der Waals surface area contributed by atoms with E-state index in [0.29, 0.717) is 30.2 Å². The molecule has 7 nitrogen and oxygen atoms in total. The molecule has 0 saturated carbocycles. The fraction of sp³-hybridized carbons (Fsp3) is 0.391. The van der Waals surface area contributed by atoms with Crippen molar-refractivity contribution in [3.63, 3.8) is 0 Å². The summed E-state index contributed by atoms with van der Waals surface area (Å²) >= 11 is 0. The zero-order valence-electron chi connectivity index (χ0n) is 17.8. The standard InChI is InChI=1S/C23H28N2O5/c1-5-30-23(27)25-16(2)11-19(24(15-26)14-17-9-7-6-8-10-17)18-12-21(28-3)22(29-4)13-20(18)25/h6-10,12-13,15-16,19H,5,11,14H2,1-4H3. The molecule has 3 rings (SSSR count). The maximum Gasteiger partial charge on any atom is 0.414 e. The van der Waals surface area contributed by atoms with Crippen molar-refractivity contribution in [2.75, 3.05) is 25.7 Å². The van der Waals surface area contributed by atoms with Gasteiger partial charge in [-0.2, -0.15) is 0 Å². The average Bonchev–Trinajstić information content (AvgIpc) is 2.76. The summed E-state index contributed by atoms with van der Waals surface area (Å²) in [5.74, 6) is 1.06. The van der Waals surface area contributed by atoms with Gasteiger partial charge in [0.05, 0.1) is 32.6 Å². The lowest BCUT2D eigenvalue weighted by Gasteiger charge is -2.42. The second-order valence-electron chi connectivity index (χ2n) is 7.20. The van der Waals surface area contributed by atoms with Crippen LogP contribution in [0.5, 0.6) is 11.5 Å². The summed E-state index contributed by atoms with van der Waals surface area (Å²) in [6, 6.07) is 13.1. The number of methoxy groups -OCH3 is 2. The number of hydrogen-bond acceptors (Lipinski definition) is 5. The first-order valence-corrected chi connectivity index (χ1v) is 10.0. The van der Waals surface area contributed by atoms with Gasteiger partial charge < -0.3 is 19.1 Å². The normalized spacial score (nSPS) is 17.7. The van der Waals surface area contributed by atoms with E-state index in [9.17, 15) is 9.59 Å². The Hall–Kier alpha value is -3.22. The second kappa shape index (κ2) is 9.52. The Bertz CT molecular complexity index is 887. The van der Waals surface area contributed by atoms with Gasteiger partial charge in [-0.3, -0.25) is 9.69 Å². The summed E-state index contributed by atoms with van der Waals surface area (Å²) in [5, 5.41) is 0. The lowest BCUT2D eigenvalue weighted by atomic mass is 9.90. The van der Waals surface area contributed by atoms with Gasteiger partial charge >= 0.3 is 6.09 Å². The molecule has 1 heterocycles. The molecule has 2 amide bonds. The average molecular weight is 412 g/mol. The quantitative estimate of drug-likeness (QED) is 0.639. The van der Waals surface area contributed by atoms with E-state index in [0.717, 1.165) is 17.5 Å². The SMILES string of the molecule is CCOC(=O)N1c2cc(OC)c(OC)cc2C(N(C=O)Cc2ccccc2)CC1C. The maximum atomic E-state index is 12.7. The number of rotatable bonds is 7. The number of amides is 2. The van der Waals surface area contributed by atoms with Crippen LogP contribution in [-0.4, -0.2) is 44.3 Å². The molecule has 1 aliphatic rings. The number of anilines is 1. The highest BCUT2D eigenvalue weighted by Crippen LogP contribution is 2.46. The molecule has 7 heteroatoms. The lowest BCUT2D eigenvalue weighted by molar-refractivity contribution is -0.121. The van der Waals surface area contributed by atoms with E-state index < -0.39 is 6.09 Å². The molecule has 0 aliphatic carbocycles. The molecule has 2 unspecified atom stereocenters. The van der Waals surface area contributed by atoms with E-state index >= 15 is 0 Å². The Balaban J connectivity index is 2.08. The molecule has 0 aromatic heterocycles. The summed E-state index contributed by atoms with van der Waals surface area (Å²) in [4.78, 5) is 28.2. The van der Waals surface area contributed by atoms with E-state index in [1.54, 1.807) is 37.0 Å². The Morgan fingerprint density at radius 3 is 2.43 bits per heavy atom. The van der Waals surface area contributed by atoms with Crippen LogP contribution in [0.1, 0.15) is 37.4 Å². The third kappa shape index (κ3) is 4.20.